The summed E-state index contributed by atoms with van der Waals surface area (Å²) in [5, 5.41) is 0. The van der Waals surface area contributed by atoms with Crippen molar-refractivity contribution in [3.8, 4) is 11.5 Å². The van der Waals surface area contributed by atoms with Crippen LogP contribution in [0.3, 0.4) is 0 Å². The molecule has 1 saturated heterocycles. The van der Waals surface area contributed by atoms with Gasteiger partial charge in [-0.1, -0.05) is 12.5 Å². The highest BCUT2D eigenvalue weighted by molar-refractivity contribution is 5.43. The monoisotopic (exact) mass is 278 g/mol. The standard InChI is InChI=1S/C16H26N2O2/c1-19-16-13-14(7-8-17)5-6-15(16)20-12-11-18-9-3-2-4-10-18/h5-6,13H,2-4,7-12,17H2,1H3. The number of hydrogen-bond acceptors (Lipinski definition) is 4. The zero-order valence-corrected chi connectivity index (χ0v) is 12.4. The highest BCUT2D eigenvalue weighted by atomic mass is 16.5. The molecule has 112 valence electrons. The van der Waals surface area contributed by atoms with Crippen LogP contribution in [-0.4, -0.2) is 44.8 Å². The highest BCUT2D eigenvalue weighted by Gasteiger charge is 2.11. The summed E-state index contributed by atoms with van der Waals surface area (Å²) in [6.07, 6.45) is 4.87. The molecule has 1 heterocycles. The van der Waals surface area contributed by atoms with Crippen LogP contribution in [0.4, 0.5) is 0 Å². The van der Waals surface area contributed by atoms with Crippen LogP contribution in [0, 0.1) is 0 Å². The smallest absolute Gasteiger partial charge is 0.161 e. The molecule has 2 rings (SSSR count). The van der Waals surface area contributed by atoms with E-state index in [1.54, 1.807) is 7.11 Å². The van der Waals surface area contributed by atoms with Gasteiger partial charge >= 0.3 is 0 Å². The minimum Gasteiger partial charge on any atom is -0.493 e. The average molecular weight is 278 g/mol. The molecule has 4 nitrogen and oxygen atoms in total. The summed E-state index contributed by atoms with van der Waals surface area (Å²) in [6.45, 7) is 4.77. The number of ether oxygens (including phenoxy) is 2. The van der Waals surface area contributed by atoms with E-state index in [1.807, 2.05) is 12.1 Å². The number of methoxy groups -OCH3 is 1. The first-order valence-corrected chi connectivity index (χ1v) is 7.55. The molecule has 0 amide bonds. The summed E-state index contributed by atoms with van der Waals surface area (Å²) in [5.74, 6) is 1.62. The third-order valence-electron chi connectivity index (χ3n) is 3.77. The van der Waals surface area contributed by atoms with Crippen LogP contribution < -0.4 is 15.2 Å². The van der Waals surface area contributed by atoms with Crippen molar-refractivity contribution in [1.82, 2.24) is 4.90 Å². The highest BCUT2D eigenvalue weighted by Crippen LogP contribution is 2.28. The van der Waals surface area contributed by atoms with Crippen molar-refractivity contribution in [3.05, 3.63) is 23.8 Å². The van der Waals surface area contributed by atoms with E-state index in [0.717, 1.165) is 24.5 Å². The van der Waals surface area contributed by atoms with E-state index >= 15 is 0 Å². The Morgan fingerprint density at radius 2 is 1.95 bits per heavy atom. The molecule has 2 N–H and O–H groups in total. The van der Waals surface area contributed by atoms with E-state index in [1.165, 1.54) is 37.9 Å². The van der Waals surface area contributed by atoms with Crippen molar-refractivity contribution in [1.29, 1.82) is 0 Å². The quantitative estimate of drug-likeness (QED) is 0.829. The van der Waals surface area contributed by atoms with Crippen molar-refractivity contribution >= 4 is 0 Å². The number of rotatable bonds is 7. The molecule has 1 aromatic carbocycles. The van der Waals surface area contributed by atoms with Crippen molar-refractivity contribution in [2.45, 2.75) is 25.7 Å². The van der Waals surface area contributed by atoms with Gasteiger partial charge in [0.05, 0.1) is 7.11 Å². The van der Waals surface area contributed by atoms with Gasteiger partial charge in [0, 0.05) is 6.54 Å². The predicted octanol–water partition coefficient (Wildman–Crippen LogP) is 2.06. The molecule has 0 saturated carbocycles. The lowest BCUT2D eigenvalue weighted by Crippen LogP contribution is -2.33. The zero-order chi connectivity index (χ0) is 14.2. The van der Waals surface area contributed by atoms with E-state index in [4.69, 9.17) is 15.2 Å². The second kappa shape index (κ2) is 8.12. The van der Waals surface area contributed by atoms with Gasteiger partial charge in [-0.3, -0.25) is 4.90 Å². The molecular formula is C16H26N2O2. The number of nitrogens with two attached hydrogens (primary N) is 1. The molecule has 4 heteroatoms. The second-order valence-electron chi connectivity index (χ2n) is 5.27. The zero-order valence-electron chi connectivity index (χ0n) is 12.4. The summed E-state index contributed by atoms with van der Waals surface area (Å²) < 4.78 is 11.3. The lowest BCUT2D eigenvalue weighted by Gasteiger charge is -2.26. The fraction of sp³-hybridized carbons (Fsp3) is 0.625. The molecular weight excluding hydrogens is 252 g/mol. The summed E-state index contributed by atoms with van der Waals surface area (Å²) in [4.78, 5) is 2.47. The van der Waals surface area contributed by atoms with E-state index in [0.29, 0.717) is 13.2 Å². The molecule has 1 aromatic rings. The molecule has 0 aromatic heterocycles. The fourth-order valence-corrected chi connectivity index (χ4v) is 2.62. The maximum absolute atomic E-state index is 5.87. The van der Waals surface area contributed by atoms with E-state index in [2.05, 4.69) is 11.0 Å². The van der Waals surface area contributed by atoms with Crippen LogP contribution >= 0.6 is 0 Å². The van der Waals surface area contributed by atoms with Gasteiger partial charge in [0.15, 0.2) is 11.5 Å². The van der Waals surface area contributed by atoms with Gasteiger partial charge in [-0.05, 0) is 56.6 Å². The van der Waals surface area contributed by atoms with Crippen LogP contribution in [0.2, 0.25) is 0 Å². The Morgan fingerprint density at radius 1 is 1.15 bits per heavy atom. The normalized spacial score (nSPS) is 16.1. The van der Waals surface area contributed by atoms with Gasteiger partial charge in [-0.15, -0.1) is 0 Å². The van der Waals surface area contributed by atoms with Crippen LogP contribution in [0.5, 0.6) is 11.5 Å². The molecule has 0 aliphatic carbocycles. The van der Waals surface area contributed by atoms with Gasteiger partial charge in [0.2, 0.25) is 0 Å². The molecule has 1 fully saturated rings. The largest absolute Gasteiger partial charge is 0.493 e. The topological polar surface area (TPSA) is 47.7 Å². The summed E-state index contributed by atoms with van der Waals surface area (Å²) in [6, 6.07) is 6.06. The first-order valence-electron chi connectivity index (χ1n) is 7.55. The minimum absolute atomic E-state index is 0.651. The number of benzene rings is 1. The third kappa shape index (κ3) is 4.39. The Bertz CT molecular complexity index is 403. The number of piperidine rings is 1. The SMILES string of the molecule is COc1cc(CCN)ccc1OCCN1CCCCC1. The van der Waals surface area contributed by atoms with Crippen molar-refractivity contribution in [2.24, 2.45) is 5.73 Å². The summed E-state index contributed by atoms with van der Waals surface area (Å²) >= 11 is 0. The maximum atomic E-state index is 5.87. The van der Waals surface area contributed by atoms with E-state index in [-0.39, 0.29) is 0 Å². The van der Waals surface area contributed by atoms with Gasteiger partial charge in [0.25, 0.3) is 0 Å². The molecule has 1 aliphatic rings. The Morgan fingerprint density at radius 3 is 2.65 bits per heavy atom. The molecule has 0 atom stereocenters. The molecule has 1 aliphatic heterocycles. The van der Waals surface area contributed by atoms with Crippen LogP contribution in [0.15, 0.2) is 18.2 Å². The van der Waals surface area contributed by atoms with Crippen molar-refractivity contribution in [2.75, 3.05) is 39.9 Å². The molecule has 0 spiro atoms. The van der Waals surface area contributed by atoms with E-state index < -0.39 is 0 Å². The van der Waals surface area contributed by atoms with Crippen LogP contribution in [0.1, 0.15) is 24.8 Å². The number of likely N-dealkylation sites (tertiary alicyclic amines) is 1. The summed E-state index contributed by atoms with van der Waals surface area (Å²) in [7, 11) is 1.68. The maximum Gasteiger partial charge on any atom is 0.161 e. The first kappa shape index (κ1) is 15.1. The Kier molecular flexibility index (Phi) is 6.15. The van der Waals surface area contributed by atoms with Gasteiger partial charge in [-0.25, -0.2) is 0 Å². The van der Waals surface area contributed by atoms with E-state index in [9.17, 15) is 0 Å². The summed E-state index contributed by atoms with van der Waals surface area (Å²) in [5.41, 5.74) is 6.76. The Balaban J connectivity index is 1.84. The average Bonchev–Trinajstić information content (AvgIpc) is 2.50. The predicted molar refractivity (Wildman–Crippen MR) is 81.5 cm³/mol. The van der Waals surface area contributed by atoms with Crippen molar-refractivity contribution in [3.63, 3.8) is 0 Å². The third-order valence-corrected chi connectivity index (χ3v) is 3.77. The minimum atomic E-state index is 0.651. The second-order valence-corrected chi connectivity index (χ2v) is 5.27. The van der Waals surface area contributed by atoms with Crippen LogP contribution in [-0.2, 0) is 6.42 Å². The first-order chi connectivity index (χ1) is 9.83. The van der Waals surface area contributed by atoms with Crippen LogP contribution in [0.25, 0.3) is 0 Å². The lowest BCUT2D eigenvalue weighted by molar-refractivity contribution is 0.180. The van der Waals surface area contributed by atoms with Gasteiger partial charge in [0.1, 0.15) is 6.61 Å². The van der Waals surface area contributed by atoms with Gasteiger partial charge < -0.3 is 15.2 Å². The Labute approximate surface area is 121 Å². The molecule has 0 radical (unpaired) electrons. The molecule has 0 unspecified atom stereocenters. The van der Waals surface area contributed by atoms with Gasteiger partial charge in [-0.2, -0.15) is 0 Å². The number of nitrogens with zero attached hydrogens (tertiary/aromatic N) is 1. The Hall–Kier alpha value is -1.26. The number of hydrogen-bond donors (Lipinski definition) is 1. The molecule has 0 bridgehead atoms. The lowest BCUT2D eigenvalue weighted by atomic mass is 10.1. The fourth-order valence-electron chi connectivity index (χ4n) is 2.62. The van der Waals surface area contributed by atoms with Crippen molar-refractivity contribution < 1.29 is 9.47 Å². The molecule has 20 heavy (non-hydrogen) atoms.